The number of fused-ring (bicyclic) bond motifs is 1. The van der Waals surface area contributed by atoms with Crippen molar-refractivity contribution in [2.75, 3.05) is 6.26 Å². The van der Waals surface area contributed by atoms with E-state index >= 15 is 0 Å². The molecule has 0 radical (unpaired) electrons. The zero-order valence-electron chi connectivity index (χ0n) is 15.6. The molecule has 0 aliphatic heterocycles. The van der Waals surface area contributed by atoms with Crippen LogP contribution >= 0.6 is 11.6 Å². The van der Waals surface area contributed by atoms with Crippen molar-refractivity contribution in [1.82, 2.24) is 9.55 Å². The molecule has 6 heteroatoms. The standard InChI is InChI=1S/C22H19ClN2O2S/c1-15-20-12-18(23)7-10-21(20)25(22(15)17-4-3-11-24-13-17)14-16-5-8-19(9-6-16)28(2,26)27/h3-13H,14H2,1-2H3. The maximum absolute atomic E-state index is 11.7. The number of aryl methyl sites for hydroxylation is 1. The zero-order valence-corrected chi connectivity index (χ0v) is 17.1. The third-order valence-corrected chi connectivity index (χ3v) is 6.27. The van der Waals surface area contributed by atoms with Gasteiger partial charge in [-0.05, 0) is 60.5 Å². The number of sulfone groups is 1. The van der Waals surface area contributed by atoms with Gasteiger partial charge in [-0.15, -0.1) is 0 Å². The predicted molar refractivity (Wildman–Crippen MR) is 114 cm³/mol. The molecule has 2 aromatic carbocycles. The molecule has 0 unspecified atom stereocenters. The molecule has 0 N–H and O–H groups in total. The third kappa shape index (κ3) is 3.43. The van der Waals surface area contributed by atoms with E-state index in [4.69, 9.17) is 11.6 Å². The topological polar surface area (TPSA) is 52.0 Å². The molecule has 0 fully saturated rings. The van der Waals surface area contributed by atoms with Gasteiger partial charge >= 0.3 is 0 Å². The van der Waals surface area contributed by atoms with Gasteiger partial charge in [0, 0.05) is 46.7 Å². The van der Waals surface area contributed by atoms with Gasteiger partial charge in [-0.25, -0.2) is 8.42 Å². The van der Waals surface area contributed by atoms with Crippen LogP contribution in [0.25, 0.3) is 22.2 Å². The number of rotatable bonds is 4. The number of hydrogen-bond acceptors (Lipinski definition) is 3. The Balaban J connectivity index is 1.88. The van der Waals surface area contributed by atoms with Crippen molar-refractivity contribution < 1.29 is 8.42 Å². The molecule has 0 aliphatic carbocycles. The minimum atomic E-state index is -3.21. The molecule has 0 saturated heterocycles. The third-order valence-electron chi connectivity index (χ3n) is 4.91. The van der Waals surface area contributed by atoms with Crippen LogP contribution in [0.15, 0.2) is 71.9 Å². The summed E-state index contributed by atoms with van der Waals surface area (Å²) in [6.45, 7) is 2.70. The second kappa shape index (κ2) is 7.08. The Labute approximate surface area is 169 Å². The van der Waals surface area contributed by atoms with E-state index in [-0.39, 0.29) is 0 Å². The fourth-order valence-electron chi connectivity index (χ4n) is 3.56. The molecule has 0 saturated carbocycles. The van der Waals surface area contributed by atoms with Crippen LogP contribution in [-0.4, -0.2) is 24.2 Å². The van der Waals surface area contributed by atoms with Gasteiger partial charge in [-0.1, -0.05) is 23.7 Å². The monoisotopic (exact) mass is 410 g/mol. The lowest BCUT2D eigenvalue weighted by molar-refractivity contribution is 0.602. The Hall–Kier alpha value is -2.63. The highest BCUT2D eigenvalue weighted by Crippen LogP contribution is 2.35. The first kappa shape index (κ1) is 18.7. The first-order chi connectivity index (χ1) is 13.3. The van der Waals surface area contributed by atoms with E-state index in [1.165, 1.54) is 6.26 Å². The lowest BCUT2D eigenvalue weighted by Gasteiger charge is -2.12. The summed E-state index contributed by atoms with van der Waals surface area (Å²) in [6, 6.07) is 16.9. The lowest BCUT2D eigenvalue weighted by atomic mass is 10.1. The van der Waals surface area contributed by atoms with Gasteiger partial charge < -0.3 is 4.57 Å². The molecule has 2 heterocycles. The summed E-state index contributed by atoms with van der Waals surface area (Å²) in [6.07, 6.45) is 4.83. The summed E-state index contributed by atoms with van der Waals surface area (Å²) in [5.41, 5.74) is 5.34. The smallest absolute Gasteiger partial charge is 0.175 e. The van der Waals surface area contributed by atoms with Gasteiger partial charge in [0.05, 0.1) is 10.6 Å². The molecule has 4 aromatic rings. The molecule has 4 rings (SSSR count). The molecule has 0 aliphatic rings. The summed E-state index contributed by atoms with van der Waals surface area (Å²) >= 11 is 6.24. The lowest BCUT2D eigenvalue weighted by Crippen LogP contribution is -2.03. The summed E-state index contributed by atoms with van der Waals surface area (Å²) in [5, 5.41) is 1.79. The summed E-state index contributed by atoms with van der Waals surface area (Å²) < 4.78 is 25.7. The average molecular weight is 411 g/mol. The molecule has 28 heavy (non-hydrogen) atoms. The van der Waals surface area contributed by atoms with Crippen molar-refractivity contribution in [3.8, 4) is 11.3 Å². The maximum Gasteiger partial charge on any atom is 0.175 e. The van der Waals surface area contributed by atoms with Crippen molar-refractivity contribution in [3.05, 3.63) is 83.1 Å². The largest absolute Gasteiger partial charge is 0.336 e. The van der Waals surface area contributed by atoms with Gasteiger partial charge in [0.2, 0.25) is 0 Å². The van der Waals surface area contributed by atoms with Crippen LogP contribution in [0.3, 0.4) is 0 Å². The maximum atomic E-state index is 11.7. The Morgan fingerprint density at radius 1 is 1.07 bits per heavy atom. The van der Waals surface area contributed by atoms with Crippen molar-refractivity contribution in [2.45, 2.75) is 18.4 Å². The van der Waals surface area contributed by atoms with E-state index in [0.29, 0.717) is 16.5 Å². The highest BCUT2D eigenvalue weighted by Gasteiger charge is 2.17. The summed E-state index contributed by atoms with van der Waals surface area (Å²) in [4.78, 5) is 4.59. The Morgan fingerprint density at radius 3 is 2.46 bits per heavy atom. The van der Waals surface area contributed by atoms with Crippen LogP contribution in [0.2, 0.25) is 5.02 Å². The average Bonchev–Trinajstić information content (AvgIpc) is 2.93. The van der Waals surface area contributed by atoms with Crippen LogP contribution in [0, 0.1) is 6.92 Å². The molecule has 0 spiro atoms. The fraction of sp³-hybridized carbons (Fsp3) is 0.136. The molecular formula is C22H19ClN2O2S. The van der Waals surface area contributed by atoms with Crippen molar-refractivity contribution in [1.29, 1.82) is 0 Å². The molecule has 0 bridgehead atoms. The SMILES string of the molecule is Cc1c(-c2cccnc2)n(Cc2ccc(S(C)(=O)=O)cc2)c2ccc(Cl)cc12. The van der Waals surface area contributed by atoms with Crippen LogP contribution in [0.5, 0.6) is 0 Å². The van der Waals surface area contributed by atoms with Gasteiger partial charge in [0.1, 0.15) is 0 Å². The minimum absolute atomic E-state index is 0.323. The van der Waals surface area contributed by atoms with Crippen molar-refractivity contribution in [2.24, 2.45) is 0 Å². The second-order valence-electron chi connectivity index (χ2n) is 6.88. The zero-order chi connectivity index (χ0) is 19.9. The Bertz CT molecular complexity index is 1260. The number of aromatic nitrogens is 2. The quantitative estimate of drug-likeness (QED) is 0.469. The fourth-order valence-corrected chi connectivity index (χ4v) is 4.36. The highest BCUT2D eigenvalue weighted by atomic mass is 35.5. The number of pyridine rings is 1. The van der Waals surface area contributed by atoms with E-state index < -0.39 is 9.84 Å². The molecule has 0 amide bonds. The van der Waals surface area contributed by atoms with Gasteiger partial charge in [0.25, 0.3) is 0 Å². The van der Waals surface area contributed by atoms with Gasteiger partial charge in [-0.2, -0.15) is 0 Å². The predicted octanol–water partition coefficient (Wildman–Crippen LogP) is 5.12. The molecule has 0 atom stereocenters. The Morgan fingerprint density at radius 2 is 1.82 bits per heavy atom. The van der Waals surface area contributed by atoms with Crippen LogP contribution in [-0.2, 0) is 16.4 Å². The number of hydrogen-bond donors (Lipinski definition) is 0. The van der Waals surface area contributed by atoms with Crippen molar-refractivity contribution >= 4 is 32.3 Å². The van der Waals surface area contributed by atoms with E-state index in [9.17, 15) is 8.42 Å². The van der Waals surface area contributed by atoms with E-state index in [0.717, 1.165) is 33.3 Å². The first-order valence-electron chi connectivity index (χ1n) is 8.82. The molecular weight excluding hydrogens is 392 g/mol. The normalized spacial score (nSPS) is 11.8. The summed E-state index contributed by atoms with van der Waals surface area (Å²) in [5.74, 6) is 0. The molecule has 4 nitrogen and oxygen atoms in total. The summed E-state index contributed by atoms with van der Waals surface area (Å²) in [7, 11) is -3.21. The van der Waals surface area contributed by atoms with Crippen molar-refractivity contribution in [3.63, 3.8) is 0 Å². The number of benzene rings is 2. The molecule has 142 valence electrons. The van der Waals surface area contributed by atoms with E-state index in [1.807, 2.05) is 48.7 Å². The Kier molecular flexibility index (Phi) is 4.73. The minimum Gasteiger partial charge on any atom is -0.336 e. The number of halogens is 1. The van der Waals surface area contributed by atoms with Gasteiger partial charge in [0.15, 0.2) is 9.84 Å². The van der Waals surface area contributed by atoms with Crippen LogP contribution in [0.1, 0.15) is 11.1 Å². The van der Waals surface area contributed by atoms with E-state index in [1.54, 1.807) is 18.3 Å². The van der Waals surface area contributed by atoms with E-state index in [2.05, 4.69) is 16.5 Å². The second-order valence-corrected chi connectivity index (χ2v) is 9.33. The number of nitrogens with zero attached hydrogens (tertiary/aromatic N) is 2. The molecule has 2 aromatic heterocycles. The van der Waals surface area contributed by atoms with Crippen LogP contribution in [0.4, 0.5) is 0 Å². The highest BCUT2D eigenvalue weighted by molar-refractivity contribution is 7.90. The van der Waals surface area contributed by atoms with Gasteiger partial charge in [-0.3, -0.25) is 4.98 Å². The van der Waals surface area contributed by atoms with Crippen LogP contribution < -0.4 is 0 Å². The first-order valence-corrected chi connectivity index (χ1v) is 11.1.